The van der Waals surface area contributed by atoms with Crippen LogP contribution in [0.5, 0.6) is 0 Å². The summed E-state index contributed by atoms with van der Waals surface area (Å²) in [5, 5.41) is 18.0. The summed E-state index contributed by atoms with van der Waals surface area (Å²) in [5.41, 5.74) is 5.48. The van der Waals surface area contributed by atoms with Crippen LogP contribution in [0.25, 0.3) is 0 Å². The van der Waals surface area contributed by atoms with Gasteiger partial charge in [-0.05, 0) is 25.2 Å². The molecule has 1 aromatic carbocycles. The van der Waals surface area contributed by atoms with Gasteiger partial charge in [-0.1, -0.05) is 12.1 Å². The van der Waals surface area contributed by atoms with Crippen molar-refractivity contribution in [1.82, 2.24) is 0 Å². The third kappa shape index (κ3) is 4.19. The molecule has 0 saturated heterocycles. The lowest BCUT2D eigenvalue weighted by molar-refractivity contribution is -0.138. The Morgan fingerprint density at radius 3 is 2.21 bits per heavy atom. The molecular weight excluding hydrogens is 269 g/mol. The van der Waals surface area contributed by atoms with E-state index in [0.29, 0.717) is 5.30 Å². The maximum atomic E-state index is 12.4. The zero-order valence-corrected chi connectivity index (χ0v) is 11.3. The lowest BCUT2D eigenvalue weighted by Crippen LogP contribution is -2.31. The molecule has 0 amide bonds. The molecule has 1 rings (SSSR count). The fourth-order valence-corrected chi connectivity index (χ4v) is 3.37. The molecule has 0 radical (unpaired) electrons. The molecule has 0 aliphatic carbocycles. The molecule has 0 bridgehead atoms. The average molecular weight is 285 g/mol. The van der Waals surface area contributed by atoms with Crippen LogP contribution in [0.3, 0.4) is 0 Å². The monoisotopic (exact) mass is 285 g/mol. The van der Waals surface area contributed by atoms with Crippen LogP contribution < -0.4 is 11.0 Å². The van der Waals surface area contributed by atoms with Gasteiger partial charge in [0.15, 0.2) is 0 Å². The van der Waals surface area contributed by atoms with Crippen LogP contribution in [0.1, 0.15) is 16.8 Å². The van der Waals surface area contributed by atoms with Gasteiger partial charge in [-0.2, -0.15) is 0 Å². The number of aliphatic carboxylic acids is 1. The topological polar surface area (TPSA) is 118 Å². The van der Waals surface area contributed by atoms with Gasteiger partial charge in [-0.15, -0.1) is 0 Å². The summed E-state index contributed by atoms with van der Waals surface area (Å²) in [7, 11) is -2.72. The number of hydrogen-bond donors (Lipinski definition) is 3. The van der Waals surface area contributed by atoms with Crippen LogP contribution in [0.2, 0.25) is 0 Å². The van der Waals surface area contributed by atoms with E-state index in [9.17, 15) is 14.2 Å². The first-order valence-corrected chi connectivity index (χ1v) is 7.97. The molecule has 2 atom stereocenters. The summed E-state index contributed by atoms with van der Waals surface area (Å²) in [6.45, 7) is 1.54. The summed E-state index contributed by atoms with van der Waals surface area (Å²) in [6, 6.07) is 4.72. The second-order valence-corrected chi connectivity index (χ2v) is 7.58. The Kier molecular flexibility index (Phi) is 4.86. The van der Waals surface area contributed by atoms with E-state index in [-0.39, 0.29) is 18.1 Å². The predicted molar refractivity (Wildman–Crippen MR) is 71.7 cm³/mol. The van der Waals surface area contributed by atoms with E-state index in [4.69, 9.17) is 15.9 Å². The van der Waals surface area contributed by atoms with E-state index in [1.165, 1.54) is 30.9 Å². The molecule has 0 aliphatic rings. The van der Waals surface area contributed by atoms with Crippen LogP contribution >= 0.6 is 7.14 Å². The first-order valence-electron chi connectivity index (χ1n) is 5.63. The molecule has 1 aromatic rings. The van der Waals surface area contributed by atoms with Gasteiger partial charge in [-0.3, -0.25) is 4.79 Å². The summed E-state index contributed by atoms with van der Waals surface area (Å²) < 4.78 is 12.4. The smallest absolute Gasteiger partial charge is 0.335 e. The van der Waals surface area contributed by atoms with Crippen molar-refractivity contribution in [1.29, 1.82) is 0 Å². The largest absolute Gasteiger partial charge is 0.480 e. The molecule has 4 N–H and O–H groups in total. The van der Waals surface area contributed by atoms with Gasteiger partial charge >= 0.3 is 11.9 Å². The molecule has 7 heteroatoms. The van der Waals surface area contributed by atoms with E-state index >= 15 is 0 Å². The molecule has 19 heavy (non-hydrogen) atoms. The summed E-state index contributed by atoms with van der Waals surface area (Å²) in [4.78, 5) is 21.3. The fraction of sp³-hybridized carbons (Fsp3) is 0.333. The lowest BCUT2D eigenvalue weighted by Gasteiger charge is -2.15. The second kappa shape index (κ2) is 5.99. The van der Waals surface area contributed by atoms with Gasteiger partial charge in [-0.25, -0.2) is 4.79 Å². The number of hydrogen-bond acceptors (Lipinski definition) is 4. The van der Waals surface area contributed by atoms with Gasteiger partial charge in [0, 0.05) is 11.5 Å². The number of carbonyl (C=O) groups is 2. The van der Waals surface area contributed by atoms with Crippen LogP contribution in [-0.4, -0.2) is 41.0 Å². The lowest BCUT2D eigenvalue weighted by atomic mass is 10.2. The number of aromatic carboxylic acids is 1. The second-order valence-electron chi connectivity index (χ2n) is 4.41. The molecule has 2 unspecified atom stereocenters. The quantitative estimate of drug-likeness (QED) is 0.665. The van der Waals surface area contributed by atoms with E-state index in [0.717, 1.165) is 0 Å². The summed E-state index contributed by atoms with van der Waals surface area (Å²) in [6.07, 6.45) is 0.288. The van der Waals surface area contributed by atoms with Crippen molar-refractivity contribution in [3.8, 4) is 0 Å². The van der Waals surface area contributed by atoms with Crippen LogP contribution in [-0.2, 0) is 9.36 Å². The SMILES string of the molecule is CP(=O)(CCC(N)C(=O)O)c1ccc(C(=O)O)cc1. The average Bonchev–Trinajstić information content (AvgIpc) is 2.36. The molecule has 0 fully saturated rings. The third-order valence-electron chi connectivity index (χ3n) is 2.84. The zero-order valence-electron chi connectivity index (χ0n) is 10.4. The Bertz CT molecular complexity index is 525. The summed E-state index contributed by atoms with van der Waals surface area (Å²) in [5.74, 6) is -2.17. The maximum Gasteiger partial charge on any atom is 0.335 e. The number of nitrogens with two attached hydrogens (primary N) is 1. The normalized spacial score (nSPS) is 15.5. The van der Waals surface area contributed by atoms with Gasteiger partial charge in [0.25, 0.3) is 0 Å². The highest BCUT2D eigenvalue weighted by Crippen LogP contribution is 2.40. The van der Waals surface area contributed by atoms with Crippen molar-refractivity contribution in [2.45, 2.75) is 12.5 Å². The minimum Gasteiger partial charge on any atom is -0.480 e. The van der Waals surface area contributed by atoms with Gasteiger partial charge in [0.1, 0.15) is 13.2 Å². The minimum absolute atomic E-state index is 0.115. The molecule has 0 saturated carbocycles. The maximum absolute atomic E-state index is 12.4. The molecular formula is C12H16NO5P. The highest BCUT2D eigenvalue weighted by atomic mass is 31.2. The Hall–Kier alpha value is -1.65. The van der Waals surface area contributed by atoms with Crippen LogP contribution in [0.15, 0.2) is 24.3 Å². The van der Waals surface area contributed by atoms with Crippen LogP contribution in [0.4, 0.5) is 0 Å². The highest BCUT2D eigenvalue weighted by molar-refractivity contribution is 7.70. The van der Waals surface area contributed by atoms with Crippen molar-refractivity contribution in [2.75, 3.05) is 12.8 Å². The first-order chi connectivity index (χ1) is 8.74. The van der Waals surface area contributed by atoms with Gasteiger partial charge in [0.2, 0.25) is 0 Å². The predicted octanol–water partition coefficient (Wildman–Crippen LogP) is 0.805. The number of benzene rings is 1. The van der Waals surface area contributed by atoms with E-state index < -0.39 is 25.1 Å². The first kappa shape index (κ1) is 15.4. The molecule has 6 nitrogen and oxygen atoms in total. The Balaban J connectivity index is 2.79. The van der Waals surface area contributed by atoms with E-state index in [1.54, 1.807) is 0 Å². The molecule has 104 valence electrons. The highest BCUT2D eigenvalue weighted by Gasteiger charge is 2.22. The van der Waals surface area contributed by atoms with E-state index in [1.807, 2.05) is 0 Å². The molecule has 0 aromatic heterocycles. The minimum atomic E-state index is -2.72. The zero-order chi connectivity index (χ0) is 14.6. The van der Waals surface area contributed by atoms with Crippen molar-refractivity contribution < 1.29 is 24.4 Å². The standard InChI is InChI=1S/C12H16NO5P/c1-19(18,7-6-10(13)12(16)17)9-4-2-8(3-5-9)11(14)15/h2-5,10H,6-7,13H2,1H3,(H,14,15)(H,16,17). The Labute approximate surface area is 110 Å². The number of carboxylic acids is 2. The Morgan fingerprint density at radius 1 is 1.26 bits per heavy atom. The molecule has 0 aliphatic heterocycles. The van der Waals surface area contributed by atoms with Crippen molar-refractivity contribution in [3.63, 3.8) is 0 Å². The van der Waals surface area contributed by atoms with Gasteiger partial charge in [0.05, 0.1) is 5.56 Å². The third-order valence-corrected chi connectivity index (χ3v) is 5.35. The molecule has 0 heterocycles. The molecule has 0 spiro atoms. The Morgan fingerprint density at radius 2 is 1.79 bits per heavy atom. The summed E-state index contributed by atoms with van der Waals surface area (Å²) >= 11 is 0. The van der Waals surface area contributed by atoms with Crippen molar-refractivity contribution >= 4 is 24.4 Å². The van der Waals surface area contributed by atoms with Crippen LogP contribution in [0, 0.1) is 0 Å². The van der Waals surface area contributed by atoms with E-state index in [2.05, 4.69) is 0 Å². The van der Waals surface area contributed by atoms with Crippen molar-refractivity contribution in [2.24, 2.45) is 5.73 Å². The fourth-order valence-electron chi connectivity index (χ4n) is 1.56. The van der Waals surface area contributed by atoms with Crippen molar-refractivity contribution in [3.05, 3.63) is 29.8 Å². The number of carboxylic acid groups (broad SMARTS) is 2. The number of rotatable bonds is 6. The van der Waals surface area contributed by atoms with Gasteiger partial charge < -0.3 is 20.5 Å².